The SMILES string of the molecule is CCC1NC(C)CC1c1ccc(Cl)cc1C. The lowest BCUT2D eigenvalue weighted by Crippen LogP contribution is -2.28. The van der Waals surface area contributed by atoms with Gasteiger partial charge in [0.25, 0.3) is 0 Å². The molecule has 1 aliphatic heterocycles. The Kier molecular flexibility index (Phi) is 3.56. The highest BCUT2D eigenvalue weighted by molar-refractivity contribution is 6.30. The van der Waals surface area contributed by atoms with E-state index in [0.29, 0.717) is 18.0 Å². The van der Waals surface area contributed by atoms with Crippen molar-refractivity contribution < 1.29 is 0 Å². The second-order valence-corrected chi connectivity index (χ2v) is 5.36. The number of hydrogen-bond donors (Lipinski definition) is 1. The molecule has 3 unspecified atom stereocenters. The highest BCUT2D eigenvalue weighted by Crippen LogP contribution is 2.34. The van der Waals surface area contributed by atoms with Gasteiger partial charge in [0, 0.05) is 23.0 Å². The highest BCUT2D eigenvalue weighted by atomic mass is 35.5. The zero-order chi connectivity index (χ0) is 11.7. The first kappa shape index (κ1) is 11.9. The highest BCUT2D eigenvalue weighted by Gasteiger charge is 2.31. The van der Waals surface area contributed by atoms with Crippen molar-refractivity contribution in [2.45, 2.75) is 51.6 Å². The largest absolute Gasteiger partial charge is 0.311 e. The van der Waals surface area contributed by atoms with Crippen molar-refractivity contribution in [3.8, 4) is 0 Å². The monoisotopic (exact) mass is 237 g/mol. The molecule has 1 aliphatic rings. The first-order valence-electron chi connectivity index (χ1n) is 6.14. The Morgan fingerprint density at radius 3 is 2.81 bits per heavy atom. The first-order chi connectivity index (χ1) is 7.61. The van der Waals surface area contributed by atoms with Crippen LogP contribution in [0.25, 0.3) is 0 Å². The smallest absolute Gasteiger partial charge is 0.0408 e. The molecule has 1 aromatic rings. The molecule has 0 radical (unpaired) electrons. The van der Waals surface area contributed by atoms with Gasteiger partial charge in [0.2, 0.25) is 0 Å². The molecule has 16 heavy (non-hydrogen) atoms. The first-order valence-corrected chi connectivity index (χ1v) is 6.51. The number of benzene rings is 1. The van der Waals surface area contributed by atoms with Gasteiger partial charge in [0.05, 0.1) is 0 Å². The van der Waals surface area contributed by atoms with Crippen LogP contribution in [0.15, 0.2) is 18.2 Å². The molecule has 0 amide bonds. The normalized spacial score (nSPS) is 29.6. The van der Waals surface area contributed by atoms with E-state index in [1.807, 2.05) is 6.07 Å². The number of hydrogen-bond acceptors (Lipinski definition) is 1. The van der Waals surface area contributed by atoms with Gasteiger partial charge < -0.3 is 5.32 Å². The molecule has 0 aromatic heterocycles. The second kappa shape index (κ2) is 4.77. The molecule has 2 rings (SSSR count). The van der Waals surface area contributed by atoms with Gasteiger partial charge in [-0.15, -0.1) is 0 Å². The number of aryl methyl sites for hydroxylation is 1. The van der Waals surface area contributed by atoms with E-state index >= 15 is 0 Å². The standard InChI is InChI=1S/C14H20ClN/c1-4-14-13(8-10(3)16-14)12-6-5-11(15)7-9(12)2/h5-7,10,13-14,16H,4,8H2,1-3H3. The van der Waals surface area contributed by atoms with E-state index in [9.17, 15) is 0 Å². The Morgan fingerprint density at radius 2 is 2.19 bits per heavy atom. The summed E-state index contributed by atoms with van der Waals surface area (Å²) in [5.74, 6) is 0.650. The molecule has 88 valence electrons. The zero-order valence-corrected chi connectivity index (χ0v) is 11.0. The van der Waals surface area contributed by atoms with Crippen LogP contribution < -0.4 is 5.32 Å². The Bertz CT molecular complexity index is 375. The van der Waals surface area contributed by atoms with E-state index < -0.39 is 0 Å². The van der Waals surface area contributed by atoms with Crippen molar-refractivity contribution in [1.82, 2.24) is 5.32 Å². The third-order valence-corrected chi connectivity index (χ3v) is 3.90. The molecule has 3 atom stereocenters. The maximum atomic E-state index is 6.01. The predicted octanol–water partition coefficient (Wildman–Crippen LogP) is 3.89. The number of nitrogens with one attached hydrogen (secondary N) is 1. The molecule has 1 fully saturated rings. The second-order valence-electron chi connectivity index (χ2n) is 4.93. The molecule has 1 aromatic carbocycles. The summed E-state index contributed by atoms with van der Waals surface area (Å²) in [7, 11) is 0. The third-order valence-electron chi connectivity index (χ3n) is 3.66. The van der Waals surface area contributed by atoms with Crippen LogP contribution in [0.5, 0.6) is 0 Å². The molecule has 1 saturated heterocycles. The van der Waals surface area contributed by atoms with Gasteiger partial charge in [-0.05, 0) is 49.9 Å². The summed E-state index contributed by atoms with van der Waals surface area (Å²) in [6.07, 6.45) is 2.43. The van der Waals surface area contributed by atoms with Crippen LogP contribution in [0.4, 0.5) is 0 Å². The van der Waals surface area contributed by atoms with Crippen LogP contribution in [0, 0.1) is 6.92 Å². The molecular formula is C14H20ClN. The summed E-state index contributed by atoms with van der Waals surface area (Å²) in [6.45, 7) is 6.69. The lowest BCUT2D eigenvalue weighted by molar-refractivity contribution is 0.516. The van der Waals surface area contributed by atoms with Crippen molar-refractivity contribution in [2.24, 2.45) is 0 Å². The van der Waals surface area contributed by atoms with Crippen LogP contribution in [0.1, 0.15) is 43.7 Å². The summed E-state index contributed by atoms with van der Waals surface area (Å²) < 4.78 is 0. The maximum Gasteiger partial charge on any atom is 0.0408 e. The van der Waals surface area contributed by atoms with Gasteiger partial charge in [-0.25, -0.2) is 0 Å². The van der Waals surface area contributed by atoms with Gasteiger partial charge in [-0.1, -0.05) is 24.6 Å². The number of rotatable bonds is 2. The number of halogens is 1. The minimum absolute atomic E-state index is 0.620. The van der Waals surface area contributed by atoms with Gasteiger partial charge >= 0.3 is 0 Å². The van der Waals surface area contributed by atoms with E-state index in [-0.39, 0.29) is 0 Å². The van der Waals surface area contributed by atoms with Gasteiger partial charge in [0.1, 0.15) is 0 Å². The Balaban J connectivity index is 2.29. The van der Waals surface area contributed by atoms with Crippen molar-refractivity contribution in [1.29, 1.82) is 0 Å². The van der Waals surface area contributed by atoms with Crippen LogP contribution >= 0.6 is 11.6 Å². The van der Waals surface area contributed by atoms with Gasteiger partial charge in [-0.2, -0.15) is 0 Å². The molecule has 1 N–H and O–H groups in total. The summed E-state index contributed by atoms with van der Waals surface area (Å²) in [5, 5.41) is 4.50. The van der Waals surface area contributed by atoms with Gasteiger partial charge in [0.15, 0.2) is 0 Å². The predicted molar refractivity (Wildman–Crippen MR) is 70.2 cm³/mol. The Hall–Kier alpha value is -0.530. The topological polar surface area (TPSA) is 12.0 Å². The van der Waals surface area contributed by atoms with Crippen LogP contribution in [0.3, 0.4) is 0 Å². The molecule has 0 bridgehead atoms. The van der Waals surface area contributed by atoms with Crippen molar-refractivity contribution in [2.75, 3.05) is 0 Å². The average Bonchev–Trinajstić information content (AvgIpc) is 2.59. The van der Waals surface area contributed by atoms with E-state index in [2.05, 4.69) is 38.2 Å². The van der Waals surface area contributed by atoms with Crippen molar-refractivity contribution in [3.05, 3.63) is 34.3 Å². The van der Waals surface area contributed by atoms with Crippen LogP contribution in [-0.4, -0.2) is 12.1 Å². The Morgan fingerprint density at radius 1 is 1.44 bits per heavy atom. The quantitative estimate of drug-likeness (QED) is 0.823. The van der Waals surface area contributed by atoms with Crippen LogP contribution in [0.2, 0.25) is 5.02 Å². The fourth-order valence-electron chi connectivity index (χ4n) is 2.90. The molecule has 0 aliphatic carbocycles. The lowest BCUT2D eigenvalue weighted by atomic mass is 9.87. The Labute approximate surface area is 103 Å². The fraction of sp³-hybridized carbons (Fsp3) is 0.571. The molecule has 0 spiro atoms. The third kappa shape index (κ3) is 2.26. The molecule has 0 saturated carbocycles. The van der Waals surface area contributed by atoms with E-state index in [4.69, 9.17) is 11.6 Å². The summed E-state index contributed by atoms with van der Waals surface area (Å²) >= 11 is 6.01. The summed E-state index contributed by atoms with van der Waals surface area (Å²) in [6, 6.07) is 7.54. The van der Waals surface area contributed by atoms with Gasteiger partial charge in [-0.3, -0.25) is 0 Å². The van der Waals surface area contributed by atoms with Crippen molar-refractivity contribution >= 4 is 11.6 Å². The summed E-state index contributed by atoms with van der Waals surface area (Å²) in [5.41, 5.74) is 2.79. The van der Waals surface area contributed by atoms with E-state index in [0.717, 1.165) is 5.02 Å². The van der Waals surface area contributed by atoms with E-state index in [1.165, 1.54) is 24.0 Å². The molecule has 1 heterocycles. The minimum Gasteiger partial charge on any atom is -0.311 e. The molecule has 2 heteroatoms. The molecular weight excluding hydrogens is 218 g/mol. The maximum absolute atomic E-state index is 6.01. The average molecular weight is 238 g/mol. The zero-order valence-electron chi connectivity index (χ0n) is 10.3. The fourth-order valence-corrected chi connectivity index (χ4v) is 3.12. The molecule has 1 nitrogen and oxygen atoms in total. The van der Waals surface area contributed by atoms with Crippen LogP contribution in [-0.2, 0) is 0 Å². The van der Waals surface area contributed by atoms with Crippen molar-refractivity contribution in [3.63, 3.8) is 0 Å². The minimum atomic E-state index is 0.620. The summed E-state index contributed by atoms with van der Waals surface area (Å²) in [4.78, 5) is 0. The lowest BCUT2D eigenvalue weighted by Gasteiger charge is -2.20. The van der Waals surface area contributed by atoms with E-state index in [1.54, 1.807) is 0 Å².